The van der Waals surface area contributed by atoms with Gasteiger partial charge in [0.25, 0.3) is 0 Å². The van der Waals surface area contributed by atoms with Gasteiger partial charge in [0.2, 0.25) is 5.91 Å². The number of hydrogen-bond donors (Lipinski definition) is 0. The van der Waals surface area contributed by atoms with E-state index in [1.165, 1.54) is 5.56 Å². The van der Waals surface area contributed by atoms with Gasteiger partial charge in [-0.05, 0) is 18.9 Å². The molecule has 1 aliphatic heterocycles. The zero-order chi connectivity index (χ0) is 20.7. The Kier molecular flexibility index (Phi) is 7.31. The first-order valence-corrected chi connectivity index (χ1v) is 10.6. The average Bonchev–Trinajstić information content (AvgIpc) is 3.22. The molecule has 0 aliphatic carbocycles. The molecular weight excluding hydrogens is 364 g/mol. The maximum atomic E-state index is 12.5. The monoisotopic (exact) mass is 398 g/mol. The van der Waals surface area contributed by atoms with Crippen LogP contribution in [0.2, 0.25) is 0 Å². The molecule has 0 spiro atoms. The molecule has 1 fully saturated rings. The van der Waals surface area contributed by atoms with Crippen molar-refractivity contribution in [2.45, 2.75) is 46.7 Å². The molecule has 0 bridgehead atoms. The highest BCUT2D eigenvalue weighted by Crippen LogP contribution is 2.22. The van der Waals surface area contributed by atoms with E-state index in [2.05, 4.69) is 32.7 Å². The molecule has 0 N–H and O–H groups in total. The number of imidazole rings is 1. The third kappa shape index (κ3) is 6.32. The van der Waals surface area contributed by atoms with Crippen LogP contribution in [0.25, 0.3) is 0 Å². The molecule has 6 nitrogen and oxygen atoms in total. The Bertz CT molecular complexity index is 759. The third-order valence-electron chi connectivity index (χ3n) is 5.30. The van der Waals surface area contributed by atoms with Crippen molar-refractivity contribution < 1.29 is 9.53 Å². The Balaban J connectivity index is 1.44. The first kappa shape index (κ1) is 21.4. The molecule has 1 aromatic heterocycles. The van der Waals surface area contributed by atoms with Crippen molar-refractivity contribution in [2.75, 3.05) is 32.8 Å². The van der Waals surface area contributed by atoms with Gasteiger partial charge in [0.15, 0.2) is 0 Å². The van der Waals surface area contributed by atoms with Crippen molar-refractivity contribution in [1.29, 1.82) is 0 Å². The molecule has 158 valence electrons. The number of carbonyl (C=O) groups is 1. The van der Waals surface area contributed by atoms with Gasteiger partial charge in [-0.3, -0.25) is 9.69 Å². The van der Waals surface area contributed by atoms with Gasteiger partial charge in [-0.15, -0.1) is 0 Å². The van der Waals surface area contributed by atoms with Gasteiger partial charge in [-0.25, -0.2) is 4.98 Å². The number of amides is 1. The van der Waals surface area contributed by atoms with Crippen molar-refractivity contribution in [3.8, 4) is 5.75 Å². The fourth-order valence-corrected chi connectivity index (χ4v) is 3.60. The molecule has 2 aromatic rings. The summed E-state index contributed by atoms with van der Waals surface area (Å²) in [6.07, 6.45) is 7.74. The standard InChI is InChI=1S/C23H34N4O2/c1-23(2,3)22(28)27-15-13-25(14-16-27)18-20-8-4-5-9-21(20)29-17-7-6-11-26-12-10-24-19-26/h4-5,8-10,12,19H,6-7,11,13-18H2,1-3H3. The number of carbonyl (C=O) groups excluding carboxylic acids is 1. The highest BCUT2D eigenvalue weighted by atomic mass is 16.5. The van der Waals surface area contributed by atoms with Crippen LogP contribution in [-0.2, 0) is 17.9 Å². The minimum Gasteiger partial charge on any atom is -0.493 e. The smallest absolute Gasteiger partial charge is 0.228 e. The van der Waals surface area contributed by atoms with Crippen molar-refractivity contribution in [1.82, 2.24) is 19.4 Å². The number of hydrogen-bond acceptors (Lipinski definition) is 4. The minimum absolute atomic E-state index is 0.247. The number of para-hydroxylation sites is 1. The van der Waals surface area contributed by atoms with Gasteiger partial charge in [0.05, 0.1) is 12.9 Å². The SMILES string of the molecule is CC(C)(C)C(=O)N1CCN(Cc2ccccc2OCCCCn2ccnc2)CC1. The number of benzene rings is 1. The lowest BCUT2D eigenvalue weighted by molar-refractivity contribution is -0.141. The molecular formula is C23H34N4O2. The van der Waals surface area contributed by atoms with Gasteiger partial charge >= 0.3 is 0 Å². The van der Waals surface area contributed by atoms with Crippen LogP contribution in [0.5, 0.6) is 5.75 Å². The van der Waals surface area contributed by atoms with Crippen molar-refractivity contribution >= 4 is 5.91 Å². The van der Waals surface area contributed by atoms with Crippen molar-refractivity contribution in [3.05, 3.63) is 48.5 Å². The van der Waals surface area contributed by atoms with Gasteiger partial charge in [0.1, 0.15) is 5.75 Å². The number of aryl methyl sites for hydroxylation is 1. The number of piperazine rings is 1. The minimum atomic E-state index is -0.305. The van der Waals surface area contributed by atoms with E-state index < -0.39 is 0 Å². The van der Waals surface area contributed by atoms with E-state index in [1.807, 2.05) is 50.5 Å². The lowest BCUT2D eigenvalue weighted by Crippen LogP contribution is -2.51. The Morgan fingerprint density at radius 3 is 2.55 bits per heavy atom. The second-order valence-electron chi connectivity index (χ2n) is 8.78. The summed E-state index contributed by atoms with van der Waals surface area (Å²) in [6.45, 7) is 11.9. The van der Waals surface area contributed by atoms with Crippen molar-refractivity contribution in [3.63, 3.8) is 0 Å². The fourth-order valence-electron chi connectivity index (χ4n) is 3.60. The van der Waals surface area contributed by atoms with E-state index in [1.54, 1.807) is 0 Å². The van der Waals surface area contributed by atoms with Crippen LogP contribution >= 0.6 is 0 Å². The third-order valence-corrected chi connectivity index (χ3v) is 5.30. The van der Waals surface area contributed by atoms with E-state index in [4.69, 9.17) is 4.74 Å². The lowest BCUT2D eigenvalue weighted by Gasteiger charge is -2.37. The molecule has 1 aromatic carbocycles. The van der Waals surface area contributed by atoms with Crippen LogP contribution in [0, 0.1) is 5.41 Å². The maximum Gasteiger partial charge on any atom is 0.228 e. The molecule has 0 saturated carbocycles. The summed E-state index contributed by atoms with van der Waals surface area (Å²) >= 11 is 0. The molecule has 6 heteroatoms. The van der Waals surface area contributed by atoms with Crippen LogP contribution in [0.1, 0.15) is 39.2 Å². The number of nitrogens with zero attached hydrogens (tertiary/aromatic N) is 4. The molecule has 1 amide bonds. The average molecular weight is 399 g/mol. The van der Waals surface area contributed by atoms with Gasteiger partial charge in [-0.2, -0.15) is 0 Å². The molecule has 0 radical (unpaired) electrons. The second kappa shape index (κ2) is 9.92. The normalized spacial score (nSPS) is 15.5. The molecule has 2 heterocycles. The lowest BCUT2D eigenvalue weighted by atomic mass is 9.94. The van der Waals surface area contributed by atoms with Crippen LogP contribution in [0.4, 0.5) is 0 Å². The Morgan fingerprint density at radius 1 is 1.10 bits per heavy atom. The summed E-state index contributed by atoms with van der Waals surface area (Å²) in [5.41, 5.74) is 0.915. The Labute approximate surface area is 174 Å². The van der Waals surface area contributed by atoms with E-state index in [0.717, 1.165) is 64.5 Å². The quantitative estimate of drug-likeness (QED) is 0.639. The predicted molar refractivity (Wildman–Crippen MR) is 115 cm³/mol. The fraction of sp³-hybridized carbons (Fsp3) is 0.565. The molecule has 3 rings (SSSR count). The highest BCUT2D eigenvalue weighted by Gasteiger charge is 2.29. The molecule has 1 aliphatic rings. The summed E-state index contributed by atoms with van der Waals surface area (Å²) in [4.78, 5) is 20.9. The summed E-state index contributed by atoms with van der Waals surface area (Å²) in [6, 6.07) is 8.31. The topological polar surface area (TPSA) is 50.6 Å². The van der Waals surface area contributed by atoms with Crippen LogP contribution < -0.4 is 4.74 Å². The van der Waals surface area contributed by atoms with E-state index >= 15 is 0 Å². The largest absolute Gasteiger partial charge is 0.493 e. The zero-order valence-electron chi connectivity index (χ0n) is 18.0. The molecule has 0 unspecified atom stereocenters. The number of ether oxygens (including phenoxy) is 1. The summed E-state index contributed by atoms with van der Waals surface area (Å²) in [5, 5.41) is 0. The molecule has 29 heavy (non-hydrogen) atoms. The molecule has 0 atom stereocenters. The number of rotatable bonds is 8. The highest BCUT2D eigenvalue weighted by molar-refractivity contribution is 5.81. The van der Waals surface area contributed by atoms with Gasteiger partial charge in [-0.1, -0.05) is 39.0 Å². The maximum absolute atomic E-state index is 12.5. The Morgan fingerprint density at radius 2 is 1.86 bits per heavy atom. The van der Waals surface area contributed by atoms with Crippen molar-refractivity contribution in [2.24, 2.45) is 5.41 Å². The predicted octanol–water partition coefficient (Wildman–Crippen LogP) is 3.43. The Hall–Kier alpha value is -2.34. The number of unbranched alkanes of at least 4 members (excludes halogenated alkanes) is 1. The first-order valence-electron chi connectivity index (χ1n) is 10.6. The molecule has 1 saturated heterocycles. The zero-order valence-corrected chi connectivity index (χ0v) is 18.0. The van der Waals surface area contributed by atoms with Gasteiger partial charge in [0, 0.05) is 62.6 Å². The van der Waals surface area contributed by atoms with E-state index in [0.29, 0.717) is 0 Å². The first-order chi connectivity index (χ1) is 13.9. The second-order valence-corrected chi connectivity index (χ2v) is 8.78. The summed E-state index contributed by atoms with van der Waals surface area (Å²) in [7, 11) is 0. The number of aromatic nitrogens is 2. The van der Waals surface area contributed by atoms with Crippen LogP contribution in [0.3, 0.4) is 0 Å². The van der Waals surface area contributed by atoms with Crippen LogP contribution in [0.15, 0.2) is 43.0 Å². The summed E-state index contributed by atoms with van der Waals surface area (Å²) < 4.78 is 8.18. The van der Waals surface area contributed by atoms with Crippen LogP contribution in [-0.4, -0.2) is 58.0 Å². The van der Waals surface area contributed by atoms with Gasteiger partial charge < -0.3 is 14.2 Å². The summed E-state index contributed by atoms with van der Waals surface area (Å²) in [5.74, 6) is 1.22. The van der Waals surface area contributed by atoms with E-state index in [-0.39, 0.29) is 11.3 Å². The van der Waals surface area contributed by atoms with E-state index in [9.17, 15) is 4.79 Å².